The number of rotatable bonds is 3. The quantitative estimate of drug-likeness (QED) is 0.371. The Bertz CT molecular complexity index is 356. The molecule has 1 rings (SSSR count). The van der Waals surface area contributed by atoms with E-state index in [0.717, 1.165) is 0 Å². The lowest BCUT2D eigenvalue weighted by molar-refractivity contribution is -0.684. The number of hydrogen-bond donors (Lipinski definition) is 0. The van der Waals surface area contributed by atoms with E-state index < -0.39 is 4.92 Å². The van der Waals surface area contributed by atoms with Gasteiger partial charge in [-0.25, -0.2) is 4.57 Å². The van der Waals surface area contributed by atoms with Crippen LogP contribution in [0.1, 0.15) is 6.92 Å². The van der Waals surface area contributed by atoms with Crippen LogP contribution in [0, 0.1) is 10.1 Å². The zero-order valence-corrected chi connectivity index (χ0v) is 7.43. The van der Waals surface area contributed by atoms with Crippen LogP contribution in [0.4, 0.5) is 5.82 Å². The molecule has 0 aliphatic carbocycles. The highest BCUT2D eigenvalue weighted by molar-refractivity contribution is 5.73. The van der Waals surface area contributed by atoms with Gasteiger partial charge in [0, 0.05) is 0 Å². The number of carbonyl (C=O) groups excluding carboxylic acids is 1. The highest BCUT2D eigenvalue weighted by Gasteiger charge is 2.15. The number of aryl methyl sites for hydroxylation is 1. The maximum atomic E-state index is 10.7. The van der Waals surface area contributed by atoms with E-state index in [9.17, 15) is 14.9 Å². The van der Waals surface area contributed by atoms with Crippen LogP contribution in [-0.4, -0.2) is 15.3 Å². The van der Waals surface area contributed by atoms with Gasteiger partial charge in [0.15, 0.2) is 12.0 Å². The van der Waals surface area contributed by atoms with Gasteiger partial charge in [-0.05, 0) is 11.8 Å². The highest BCUT2D eigenvalue weighted by Crippen LogP contribution is 2.04. The summed E-state index contributed by atoms with van der Waals surface area (Å²) in [4.78, 5) is 20.6. The molecule has 6 heteroatoms. The Kier molecular flexibility index (Phi) is 2.41. The molecule has 0 saturated carbocycles. The average molecular weight is 184 g/mol. The summed E-state index contributed by atoms with van der Waals surface area (Å²) in [6.45, 7) is 1.60. The number of hydrogen-bond acceptors (Lipinski definition) is 3. The van der Waals surface area contributed by atoms with Gasteiger partial charge in [0.1, 0.15) is 6.54 Å². The van der Waals surface area contributed by atoms with E-state index in [2.05, 4.69) is 0 Å². The van der Waals surface area contributed by atoms with Crippen LogP contribution in [0.3, 0.4) is 0 Å². The Morgan fingerprint density at radius 3 is 2.77 bits per heavy atom. The Labute approximate surface area is 74.6 Å². The molecule has 0 fully saturated rings. The number of ketones is 1. The van der Waals surface area contributed by atoms with Crippen LogP contribution in [0.5, 0.6) is 0 Å². The van der Waals surface area contributed by atoms with Gasteiger partial charge in [0.2, 0.25) is 6.33 Å². The van der Waals surface area contributed by atoms with Crippen molar-refractivity contribution in [1.29, 1.82) is 0 Å². The van der Waals surface area contributed by atoms with Crippen LogP contribution in [0.25, 0.3) is 0 Å². The van der Waals surface area contributed by atoms with E-state index in [-0.39, 0.29) is 18.1 Å². The Hall–Kier alpha value is -1.72. The van der Waals surface area contributed by atoms with Crippen molar-refractivity contribution in [2.75, 3.05) is 0 Å². The van der Waals surface area contributed by atoms with Crippen molar-refractivity contribution in [2.24, 2.45) is 7.05 Å². The number of imidazole rings is 1. The van der Waals surface area contributed by atoms with Gasteiger partial charge >= 0.3 is 5.82 Å². The fourth-order valence-corrected chi connectivity index (χ4v) is 1.07. The van der Waals surface area contributed by atoms with Crippen molar-refractivity contribution in [3.05, 3.63) is 22.6 Å². The molecule has 0 N–H and O–H groups in total. The minimum atomic E-state index is -0.489. The minimum Gasteiger partial charge on any atom is -0.358 e. The molecule has 0 spiro atoms. The summed E-state index contributed by atoms with van der Waals surface area (Å²) in [6, 6.07) is 0. The van der Waals surface area contributed by atoms with Crippen molar-refractivity contribution < 1.29 is 14.3 Å². The second kappa shape index (κ2) is 3.34. The largest absolute Gasteiger partial charge is 0.364 e. The van der Waals surface area contributed by atoms with E-state index in [1.807, 2.05) is 0 Å². The maximum absolute atomic E-state index is 10.7. The minimum absolute atomic E-state index is 0.0266. The molecule has 0 unspecified atom stereocenters. The molecule has 0 aromatic carbocycles. The first-order valence-electron chi connectivity index (χ1n) is 3.70. The summed E-state index contributed by atoms with van der Waals surface area (Å²) in [5.41, 5.74) is 0. The molecule has 0 amide bonds. The zero-order valence-electron chi connectivity index (χ0n) is 7.43. The summed E-state index contributed by atoms with van der Waals surface area (Å²) in [7, 11) is 1.56. The molecule has 1 heterocycles. The highest BCUT2D eigenvalue weighted by atomic mass is 16.6. The van der Waals surface area contributed by atoms with Crippen LogP contribution >= 0.6 is 0 Å². The smallest absolute Gasteiger partial charge is 0.358 e. The molecule has 0 radical (unpaired) electrons. The lowest BCUT2D eigenvalue weighted by Crippen LogP contribution is -2.34. The molecule has 1 aromatic heterocycles. The summed E-state index contributed by atoms with van der Waals surface area (Å²) in [6.07, 6.45) is 2.85. The van der Waals surface area contributed by atoms with Gasteiger partial charge in [-0.2, -0.15) is 4.57 Å². The van der Waals surface area contributed by atoms with Crippen LogP contribution in [-0.2, 0) is 18.4 Å². The predicted molar refractivity (Wildman–Crippen MR) is 42.9 cm³/mol. The lowest BCUT2D eigenvalue weighted by atomic mass is 10.4. The first kappa shape index (κ1) is 9.37. The Morgan fingerprint density at radius 2 is 2.38 bits per heavy atom. The number of aromatic nitrogens is 2. The van der Waals surface area contributed by atoms with Crippen LogP contribution in [0.2, 0.25) is 0 Å². The van der Waals surface area contributed by atoms with Crippen molar-refractivity contribution in [3.8, 4) is 0 Å². The summed E-state index contributed by atoms with van der Waals surface area (Å²) in [5, 5.41) is 10.4. The lowest BCUT2D eigenvalue weighted by Gasteiger charge is -1.88. The molecule has 6 nitrogen and oxygen atoms in total. The molecule has 0 saturated heterocycles. The molecule has 0 atom stereocenters. The molecule has 70 valence electrons. The number of nitrogens with zero attached hydrogens (tertiary/aromatic N) is 3. The van der Waals surface area contributed by atoms with Crippen molar-refractivity contribution in [1.82, 2.24) is 4.57 Å². The third-order valence-electron chi connectivity index (χ3n) is 1.56. The van der Waals surface area contributed by atoms with Gasteiger partial charge in [-0.15, -0.1) is 0 Å². The number of Topliss-reactive ketones (excluding diaryl/α,β-unsaturated/α-hetero) is 1. The van der Waals surface area contributed by atoms with Gasteiger partial charge in [-0.1, -0.05) is 0 Å². The van der Waals surface area contributed by atoms with Gasteiger partial charge in [0.25, 0.3) is 0 Å². The molecule has 0 bridgehead atoms. The fourth-order valence-electron chi connectivity index (χ4n) is 1.07. The van der Waals surface area contributed by atoms with Crippen LogP contribution < -0.4 is 4.57 Å². The maximum Gasteiger partial charge on any atom is 0.364 e. The van der Waals surface area contributed by atoms with Gasteiger partial charge < -0.3 is 10.1 Å². The normalized spacial score (nSPS) is 10.0. The van der Waals surface area contributed by atoms with E-state index in [0.29, 0.717) is 0 Å². The van der Waals surface area contributed by atoms with Gasteiger partial charge in [0.05, 0.1) is 7.05 Å². The summed E-state index contributed by atoms with van der Waals surface area (Å²) >= 11 is 0. The van der Waals surface area contributed by atoms with Crippen molar-refractivity contribution in [3.63, 3.8) is 0 Å². The third-order valence-corrected chi connectivity index (χ3v) is 1.56. The predicted octanol–water partition coefficient (Wildman–Crippen LogP) is -0.190. The molecule has 0 aliphatic heterocycles. The summed E-state index contributed by atoms with van der Waals surface area (Å²) < 4.78 is 2.85. The summed E-state index contributed by atoms with van der Waals surface area (Å²) in [5.74, 6) is -0.0632. The number of carbonyl (C=O) groups is 1. The first-order chi connectivity index (χ1) is 6.00. The monoisotopic (exact) mass is 184 g/mol. The van der Waals surface area contributed by atoms with Crippen molar-refractivity contribution >= 4 is 11.6 Å². The third kappa shape index (κ3) is 2.11. The zero-order chi connectivity index (χ0) is 10.0. The first-order valence-corrected chi connectivity index (χ1v) is 3.70. The van der Waals surface area contributed by atoms with E-state index in [1.54, 1.807) is 7.05 Å². The molecule has 0 aliphatic rings. The Morgan fingerprint density at radius 1 is 1.77 bits per heavy atom. The van der Waals surface area contributed by atoms with Gasteiger partial charge in [-0.3, -0.25) is 4.79 Å². The van der Waals surface area contributed by atoms with Crippen molar-refractivity contribution in [2.45, 2.75) is 13.5 Å². The molecule has 13 heavy (non-hydrogen) atoms. The Balaban J connectivity index is 2.95. The SMILES string of the molecule is CC(=O)C[n+]1cc([N+](=O)[O-])n(C)c1. The fraction of sp³-hybridized carbons (Fsp3) is 0.429. The molecule has 1 aromatic rings. The second-order valence-electron chi connectivity index (χ2n) is 2.85. The van der Waals surface area contributed by atoms with E-state index in [1.165, 1.54) is 28.6 Å². The molecular formula is C7H10N3O3+. The van der Waals surface area contributed by atoms with E-state index >= 15 is 0 Å². The van der Waals surface area contributed by atoms with E-state index in [4.69, 9.17) is 0 Å². The number of nitro groups is 1. The molecular weight excluding hydrogens is 174 g/mol. The second-order valence-corrected chi connectivity index (χ2v) is 2.85. The topological polar surface area (TPSA) is 69.0 Å². The average Bonchev–Trinajstić information content (AvgIpc) is 2.29. The standard InChI is InChI=1S/C7H10N3O3/c1-6(11)3-9-4-7(10(12)13)8(2)5-9/h4-5H,3H2,1-2H3/q+1. The van der Waals surface area contributed by atoms with Crippen LogP contribution in [0.15, 0.2) is 12.5 Å².